The molecule has 0 saturated carbocycles. The molecule has 1 aliphatic heterocycles. The van der Waals surface area contributed by atoms with Gasteiger partial charge < -0.3 is 20.3 Å². The van der Waals surface area contributed by atoms with Crippen molar-refractivity contribution in [3.05, 3.63) is 24.3 Å². The lowest BCUT2D eigenvalue weighted by molar-refractivity contribution is -0.130. The Balaban J connectivity index is 1.65. The molecule has 0 radical (unpaired) electrons. The molecule has 0 spiro atoms. The molecule has 0 unspecified atom stereocenters. The van der Waals surface area contributed by atoms with Gasteiger partial charge in [0.1, 0.15) is 5.75 Å². The zero-order valence-corrected chi connectivity index (χ0v) is 14.8. The minimum absolute atomic E-state index is 0.0987. The van der Waals surface area contributed by atoms with Crippen molar-refractivity contribution >= 4 is 28.9 Å². The molecule has 2 rings (SSSR count). The van der Waals surface area contributed by atoms with E-state index in [1.807, 2.05) is 4.90 Å². The minimum atomic E-state index is -2.84. The van der Waals surface area contributed by atoms with Crippen LogP contribution in [0.5, 0.6) is 5.75 Å². The molecule has 1 heterocycles. The summed E-state index contributed by atoms with van der Waals surface area (Å²) >= 11 is 5.20. The van der Waals surface area contributed by atoms with Gasteiger partial charge in [-0.25, -0.2) is 0 Å². The second kappa shape index (κ2) is 10.1. The number of carbonyl (C=O) groups is 1. The van der Waals surface area contributed by atoms with E-state index in [9.17, 15) is 13.6 Å². The van der Waals surface area contributed by atoms with Gasteiger partial charge in [-0.2, -0.15) is 8.78 Å². The lowest BCUT2D eigenvalue weighted by atomic mass is 10.2. The molecular formula is C17H23F2N3O2S. The van der Waals surface area contributed by atoms with Crippen LogP contribution < -0.4 is 15.4 Å². The highest BCUT2D eigenvalue weighted by Crippen LogP contribution is 2.17. The Morgan fingerprint density at radius 3 is 2.72 bits per heavy atom. The maximum absolute atomic E-state index is 12.1. The minimum Gasteiger partial charge on any atom is -0.435 e. The molecule has 0 aliphatic carbocycles. The predicted octanol–water partition coefficient (Wildman–Crippen LogP) is 3.37. The topological polar surface area (TPSA) is 53.6 Å². The van der Waals surface area contributed by atoms with Gasteiger partial charge in [-0.15, -0.1) is 0 Å². The van der Waals surface area contributed by atoms with E-state index >= 15 is 0 Å². The van der Waals surface area contributed by atoms with Crippen molar-refractivity contribution in [1.82, 2.24) is 10.2 Å². The summed E-state index contributed by atoms with van der Waals surface area (Å²) in [5.74, 6) is 0.339. The van der Waals surface area contributed by atoms with Gasteiger partial charge in [-0.3, -0.25) is 4.79 Å². The van der Waals surface area contributed by atoms with E-state index < -0.39 is 6.61 Å². The molecule has 1 saturated heterocycles. The molecule has 2 N–H and O–H groups in total. The third kappa shape index (κ3) is 7.21. The quantitative estimate of drug-likeness (QED) is 0.569. The third-order valence-electron chi connectivity index (χ3n) is 3.90. The maximum Gasteiger partial charge on any atom is 0.387 e. The molecular weight excluding hydrogens is 348 g/mol. The summed E-state index contributed by atoms with van der Waals surface area (Å²) < 4.78 is 28.5. The zero-order valence-electron chi connectivity index (χ0n) is 14.0. The fourth-order valence-corrected chi connectivity index (χ4v) is 2.86. The average Bonchev–Trinajstić information content (AvgIpc) is 2.77. The van der Waals surface area contributed by atoms with Crippen LogP contribution in [0.25, 0.3) is 0 Å². The summed E-state index contributed by atoms with van der Waals surface area (Å²) in [4.78, 5) is 13.8. The van der Waals surface area contributed by atoms with Gasteiger partial charge in [0, 0.05) is 31.7 Å². The van der Waals surface area contributed by atoms with E-state index in [1.54, 1.807) is 12.1 Å². The van der Waals surface area contributed by atoms with Crippen molar-refractivity contribution in [2.45, 2.75) is 38.7 Å². The van der Waals surface area contributed by atoms with Crippen LogP contribution in [0.3, 0.4) is 0 Å². The first-order valence-electron chi connectivity index (χ1n) is 8.42. The standard InChI is InChI=1S/C17H23F2N3O2S/c18-16(19)24-14-8-6-13(7-9-14)21-17(25)20-10-4-12-22-11-3-1-2-5-15(22)23/h6-9,16H,1-5,10-12H2,(H2,20,21,25). The number of nitrogens with zero attached hydrogens (tertiary/aromatic N) is 1. The fraction of sp³-hybridized carbons (Fsp3) is 0.529. The Morgan fingerprint density at radius 1 is 1.24 bits per heavy atom. The number of carbonyl (C=O) groups excluding carboxylic acids is 1. The normalized spacial score (nSPS) is 15.0. The Kier molecular flexibility index (Phi) is 7.84. The number of anilines is 1. The van der Waals surface area contributed by atoms with Crippen LogP contribution in [0.15, 0.2) is 24.3 Å². The van der Waals surface area contributed by atoms with Gasteiger partial charge in [-0.05, 0) is 55.7 Å². The molecule has 8 heteroatoms. The molecule has 1 fully saturated rings. The number of rotatable bonds is 7. The number of halogens is 2. The summed E-state index contributed by atoms with van der Waals surface area (Å²) in [7, 11) is 0. The van der Waals surface area contributed by atoms with Crippen molar-refractivity contribution in [3.63, 3.8) is 0 Å². The smallest absolute Gasteiger partial charge is 0.387 e. The lowest BCUT2D eigenvalue weighted by Gasteiger charge is -2.20. The van der Waals surface area contributed by atoms with Crippen LogP contribution in [0.2, 0.25) is 0 Å². The first-order valence-corrected chi connectivity index (χ1v) is 8.83. The molecule has 1 aliphatic rings. The number of benzene rings is 1. The van der Waals surface area contributed by atoms with Crippen LogP contribution in [0.4, 0.5) is 14.5 Å². The third-order valence-corrected chi connectivity index (χ3v) is 4.15. The molecule has 138 valence electrons. The first-order chi connectivity index (χ1) is 12.0. The van der Waals surface area contributed by atoms with Crippen LogP contribution in [0.1, 0.15) is 32.1 Å². The fourth-order valence-electron chi connectivity index (χ4n) is 2.64. The van der Waals surface area contributed by atoms with Gasteiger partial charge in [0.2, 0.25) is 5.91 Å². The van der Waals surface area contributed by atoms with Gasteiger partial charge in [0.15, 0.2) is 5.11 Å². The van der Waals surface area contributed by atoms with E-state index in [1.165, 1.54) is 12.1 Å². The molecule has 0 atom stereocenters. The Bertz CT molecular complexity index is 570. The molecule has 1 aromatic carbocycles. The van der Waals surface area contributed by atoms with Crippen molar-refractivity contribution in [3.8, 4) is 5.75 Å². The number of likely N-dealkylation sites (tertiary alicyclic amines) is 1. The van der Waals surface area contributed by atoms with Gasteiger partial charge in [0.05, 0.1) is 0 Å². The summed E-state index contributed by atoms with van der Waals surface area (Å²) in [6, 6.07) is 6.12. The number of hydrogen-bond donors (Lipinski definition) is 2. The molecule has 1 aromatic rings. The van der Waals surface area contributed by atoms with Crippen LogP contribution >= 0.6 is 12.2 Å². The van der Waals surface area contributed by atoms with Gasteiger partial charge in [0.25, 0.3) is 0 Å². The van der Waals surface area contributed by atoms with E-state index in [-0.39, 0.29) is 11.7 Å². The van der Waals surface area contributed by atoms with E-state index in [4.69, 9.17) is 12.2 Å². The maximum atomic E-state index is 12.1. The summed E-state index contributed by atoms with van der Waals surface area (Å²) in [6.45, 7) is -0.608. The van der Waals surface area contributed by atoms with Crippen LogP contribution in [0, 0.1) is 0 Å². The number of thiocarbonyl (C=S) groups is 1. The van der Waals surface area contributed by atoms with E-state index in [2.05, 4.69) is 15.4 Å². The van der Waals surface area contributed by atoms with Crippen molar-refractivity contribution < 1.29 is 18.3 Å². The number of ether oxygens (including phenoxy) is 1. The molecule has 25 heavy (non-hydrogen) atoms. The largest absolute Gasteiger partial charge is 0.435 e. The molecule has 5 nitrogen and oxygen atoms in total. The molecule has 0 aromatic heterocycles. The Hall–Kier alpha value is -1.96. The highest BCUT2D eigenvalue weighted by Gasteiger charge is 2.15. The van der Waals surface area contributed by atoms with Crippen molar-refractivity contribution in [2.75, 3.05) is 25.0 Å². The second-order valence-corrected chi connectivity index (χ2v) is 6.24. The van der Waals surface area contributed by atoms with Crippen LogP contribution in [-0.2, 0) is 4.79 Å². The lowest BCUT2D eigenvalue weighted by Crippen LogP contribution is -2.35. The van der Waals surface area contributed by atoms with Gasteiger partial charge in [-0.1, -0.05) is 6.42 Å². The summed E-state index contributed by atoms with van der Waals surface area (Å²) in [6.07, 6.45) is 4.65. The van der Waals surface area contributed by atoms with Gasteiger partial charge >= 0.3 is 6.61 Å². The number of nitrogens with one attached hydrogen (secondary N) is 2. The second-order valence-electron chi connectivity index (χ2n) is 5.83. The highest BCUT2D eigenvalue weighted by atomic mass is 32.1. The predicted molar refractivity (Wildman–Crippen MR) is 97.0 cm³/mol. The average molecular weight is 371 g/mol. The Labute approximate surface area is 151 Å². The first kappa shape index (κ1) is 19.4. The summed E-state index contributed by atoms with van der Waals surface area (Å²) in [5, 5.41) is 6.50. The van der Waals surface area contributed by atoms with Crippen LogP contribution in [-0.4, -0.2) is 42.2 Å². The van der Waals surface area contributed by atoms with E-state index in [0.717, 1.165) is 38.8 Å². The van der Waals surface area contributed by atoms with Crippen molar-refractivity contribution in [1.29, 1.82) is 0 Å². The Morgan fingerprint density at radius 2 is 2.00 bits per heavy atom. The van der Waals surface area contributed by atoms with E-state index in [0.29, 0.717) is 23.8 Å². The SMILES string of the molecule is O=C1CCCCCN1CCCNC(=S)Nc1ccc(OC(F)F)cc1. The molecule has 1 amide bonds. The molecule has 0 bridgehead atoms. The van der Waals surface area contributed by atoms with Crippen molar-refractivity contribution in [2.24, 2.45) is 0 Å². The monoisotopic (exact) mass is 371 g/mol. The highest BCUT2D eigenvalue weighted by molar-refractivity contribution is 7.80. The summed E-state index contributed by atoms with van der Waals surface area (Å²) in [5.41, 5.74) is 0.682. The number of alkyl halides is 2. The zero-order chi connectivity index (χ0) is 18.1. The number of amides is 1. The number of hydrogen-bond acceptors (Lipinski definition) is 3.